The van der Waals surface area contributed by atoms with Crippen LogP contribution in [-0.4, -0.2) is 11.5 Å². The van der Waals surface area contributed by atoms with Crippen LogP contribution >= 0.6 is 0 Å². The number of hydrogen-bond donors (Lipinski definition) is 1. The Morgan fingerprint density at radius 1 is 1.32 bits per heavy atom. The van der Waals surface area contributed by atoms with Crippen LogP contribution in [0.25, 0.3) is 0 Å². The zero-order valence-corrected chi connectivity index (χ0v) is 11.7. The average molecular weight is 257 g/mol. The first-order valence-corrected chi connectivity index (χ1v) is 7.38. The van der Waals surface area contributed by atoms with E-state index in [0.29, 0.717) is 5.69 Å². The number of nitriles is 1. The summed E-state index contributed by atoms with van der Waals surface area (Å²) >= 11 is 0. The fourth-order valence-corrected chi connectivity index (χ4v) is 2.94. The van der Waals surface area contributed by atoms with E-state index in [4.69, 9.17) is 5.26 Å². The molecule has 0 amide bonds. The molecule has 0 radical (unpaired) electrons. The minimum Gasteiger partial charge on any atom is -0.312 e. The van der Waals surface area contributed by atoms with Crippen molar-refractivity contribution in [2.24, 2.45) is 11.8 Å². The largest absolute Gasteiger partial charge is 0.312 e. The molecule has 0 atom stereocenters. The van der Waals surface area contributed by atoms with Gasteiger partial charge in [0.25, 0.3) is 0 Å². The van der Waals surface area contributed by atoms with Crippen molar-refractivity contribution < 1.29 is 0 Å². The molecule has 1 aliphatic rings. The summed E-state index contributed by atoms with van der Waals surface area (Å²) < 4.78 is 0. The molecule has 1 aromatic rings. The predicted molar refractivity (Wildman–Crippen MR) is 76.4 cm³/mol. The second-order valence-corrected chi connectivity index (χ2v) is 5.55. The molecule has 1 saturated carbocycles. The molecule has 3 heteroatoms. The highest BCUT2D eigenvalue weighted by atomic mass is 14.9. The van der Waals surface area contributed by atoms with Crippen LogP contribution < -0.4 is 5.32 Å². The smallest absolute Gasteiger partial charge is 0.144 e. The van der Waals surface area contributed by atoms with Gasteiger partial charge in [0.15, 0.2) is 0 Å². The zero-order valence-electron chi connectivity index (χ0n) is 11.7. The number of rotatable bonds is 5. The highest BCUT2D eigenvalue weighted by molar-refractivity contribution is 5.30. The SMILES string of the molecule is CCC1CCC(CNCc2cccnc2C#N)CC1. The first kappa shape index (κ1) is 14.0. The van der Waals surface area contributed by atoms with Gasteiger partial charge in [-0.1, -0.05) is 32.3 Å². The second-order valence-electron chi connectivity index (χ2n) is 5.55. The van der Waals surface area contributed by atoms with Crippen molar-refractivity contribution in [2.75, 3.05) is 6.54 Å². The normalized spacial score (nSPS) is 22.9. The van der Waals surface area contributed by atoms with Gasteiger partial charge < -0.3 is 5.32 Å². The predicted octanol–water partition coefficient (Wildman–Crippen LogP) is 3.26. The molecule has 0 spiro atoms. The third kappa shape index (κ3) is 4.04. The summed E-state index contributed by atoms with van der Waals surface area (Å²) in [6, 6.07) is 6.02. The van der Waals surface area contributed by atoms with E-state index >= 15 is 0 Å². The molecule has 1 aromatic heterocycles. The number of pyridine rings is 1. The van der Waals surface area contributed by atoms with Crippen LogP contribution in [0.3, 0.4) is 0 Å². The van der Waals surface area contributed by atoms with Crippen LogP contribution in [-0.2, 0) is 6.54 Å². The van der Waals surface area contributed by atoms with Gasteiger partial charge in [-0.15, -0.1) is 0 Å². The van der Waals surface area contributed by atoms with Crippen LogP contribution in [0.15, 0.2) is 18.3 Å². The van der Waals surface area contributed by atoms with Gasteiger partial charge in [0.05, 0.1) is 0 Å². The lowest BCUT2D eigenvalue weighted by Gasteiger charge is -2.27. The molecule has 0 saturated heterocycles. The van der Waals surface area contributed by atoms with E-state index in [0.717, 1.165) is 30.5 Å². The number of nitrogens with one attached hydrogen (secondary N) is 1. The van der Waals surface area contributed by atoms with E-state index in [1.165, 1.54) is 32.1 Å². The fraction of sp³-hybridized carbons (Fsp3) is 0.625. The fourth-order valence-electron chi connectivity index (χ4n) is 2.94. The summed E-state index contributed by atoms with van der Waals surface area (Å²) in [6.45, 7) is 4.12. The molecule has 1 fully saturated rings. The molecule has 0 unspecified atom stereocenters. The van der Waals surface area contributed by atoms with Crippen molar-refractivity contribution in [3.63, 3.8) is 0 Å². The second kappa shape index (κ2) is 7.25. The minimum atomic E-state index is 0.546. The molecule has 1 heterocycles. The van der Waals surface area contributed by atoms with Crippen molar-refractivity contribution in [3.8, 4) is 6.07 Å². The number of nitrogens with zero attached hydrogens (tertiary/aromatic N) is 2. The van der Waals surface area contributed by atoms with E-state index in [1.807, 2.05) is 12.1 Å². The van der Waals surface area contributed by atoms with Crippen LogP contribution in [0.1, 0.15) is 50.3 Å². The molecule has 1 aliphatic carbocycles. The van der Waals surface area contributed by atoms with E-state index in [2.05, 4.69) is 23.3 Å². The highest BCUT2D eigenvalue weighted by Crippen LogP contribution is 2.30. The van der Waals surface area contributed by atoms with Gasteiger partial charge in [-0.25, -0.2) is 4.98 Å². The molecule has 2 rings (SSSR count). The van der Waals surface area contributed by atoms with Crippen molar-refractivity contribution in [3.05, 3.63) is 29.6 Å². The van der Waals surface area contributed by atoms with E-state index < -0.39 is 0 Å². The maximum absolute atomic E-state index is 8.98. The van der Waals surface area contributed by atoms with Crippen molar-refractivity contribution in [1.29, 1.82) is 5.26 Å². The maximum Gasteiger partial charge on any atom is 0.144 e. The van der Waals surface area contributed by atoms with Gasteiger partial charge in [0.2, 0.25) is 0 Å². The lowest BCUT2D eigenvalue weighted by Crippen LogP contribution is -2.26. The van der Waals surface area contributed by atoms with E-state index in [1.54, 1.807) is 6.20 Å². The van der Waals surface area contributed by atoms with Gasteiger partial charge in [-0.2, -0.15) is 5.26 Å². The summed E-state index contributed by atoms with van der Waals surface area (Å²) in [6.07, 6.45) is 8.49. The summed E-state index contributed by atoms with van der Waals surface area (Å²) in [5, 5.41) is 12.5. The Hall–Kier alpha value is -1.40. The molecule has 19 heavy (non-hydrogen) atoms. The third-order valence-electron chi connectivity index (χ3n) is 4.29. The monoisotopic (exact) mass is 257 g/mol. The lowest BCUT2D eigenvalue weighted by molar-refractivity contribution is 0.262. The highest BCUT2D eigenvalue weighted by Gasteiger charge is 2.19. The molecule has 0 aliphatic heterocycles. The summed E-state index contributed by atoms with van der Waals surface area (Å²) in [5.74, 6) is 1.77. The van der Waals surface area contributed by atoms with Crippen LogP contribution in [0.5, 0.6) is 0 Å². The summed E-state index contributed by atoms with van der Waals surface area (Å²) in [5.41, 5.74) is 1.55. The number of aromatic nitrogens is 1. The van der Waals surface area contributed by atoms with E-state index in [9.17, 15) is 0 Å². The van der Waals surface area contributed by atoms with Gasteiger partial charge in [-0.05, 0) is 37.3 Å². The minimum absolute atomic E-state index is 0.546. The molecule has 0 aromatic carbocycles. The van der Waals surface area contributed by atoms with Crippen molar-refractivity contribution in [1.82, 2.24) is 10.3 Å². The van der Waals surface area contributed by atoms with Crippen molar-refractivity contribution in [2.45, 2.75) is 45.6 Å². The molecule has 3 nitrogen and oxygen atoms in total. The Balaban J connectivity index is 1.74. The average Bonchev–Trinajstić information content (AvgIpc) is 2.48. The summed E-state index contributed by atoms with van der Waals surface area (Å²) in [7, 11) is 0. The third-order valence-corrected chi connectivity index (χ3v) is 4.29. The number of hydrogen-bond acceptors (Lipinski definition) is 3. The summed E-state index contributed by atoms with van der Waals surface area (Å²) in [4.78, 5) is 4.08. The Labute approximate surface area is 116 Å². The van der Waals surface area contributed by atoms with Gasteiger partial charge in [-0.3, -0.25) is 0 Å². The molecular weight excluding hydrogens is 234 g/mol. The first-order chi connectivity index (χ1) is 9.33. The quantitative estimate of drug-likeness (QED) is 0.880. The van der Waals surface area contributed by atoms with E-state index in [-0.39, 0.29) is 0 Å². The topological polar surface area (TPSA) is 48.7 Å². The standard InChI is InChI=1S/C16H23N3/c1-2-13-5-7-14(8-6-13)11-18-12-15-4-3-9-19-16(15)10-17/h3-4,9,13-14,18H,2,5-8,11-12H2,1H3. The lowest BCUT2D eigenvalue weighted by atomic mass is 9.81. The van der Waals surface area contributed by atoms with Gasteiger partial charge in [0, 0.05) is 18.3 Å². The Morgan fingerprint density at radius 2 is 2.05 bits per heavy atom. The molecule has 1 N–H and O–H groups in total. The molecular formula is C16H23N3. The zero-order chi connectivity index (χ0) is 13.5. The van der Waals surface area contributed by atoms with Gasteiger partial charge in [0.1, 0.15) is 11.8 Å². The molecule has 102 valence electrons. The van der Waals surface area contributed by atoms with Crippen molar-refractivity contribution >= 4 is 0 Å². The maximum atomic E-state index is 8.98. The first-order valence-electron chi connectivity index (χ1n) is 7.38. The van der Waals surface area contributed by atoms with Gasteiger partial charge >= 0.3 is 0 Å². The Kier molecular flexibility index (Phi) is 5.35. The van der Waals surface area contributed by atoms with Crippen LogP contribution in [0, 0.1) is 23.2 Å². The Bertz CT molecular complexity index is 428. The molecule has 0 bridgehead atoms. The Morgan fingerprint density at radius 3 is 2.74 bits per heavy atom. The van der Waals surface area contributed by atoms with Crippen LogP contribution in [0.4, 0.5) is 0 Å². The van der Waals surface area contributed by atoms with Crippen LogP contribution in [0.2, 0.25) is 0 Å².